The van der Waals surface area contributed by atoms with Crippen LogP contribution in [0.15, 0.2) is 77.8 Å². The van der Waals surface area contributed by atoms with E-state index in [2.05, 4.69) is 38.6 Å². The second kappa shape index (κ2) is 13.0. The van der Waals surface area contributed by atoms with Crippen molar-refractivity contribution in [3.8, 4) is 17.2 Å². The molecule has 10 nitrogen and oxygen atoms in total. The van der Waals surface area contributed by atoms with E-state index in [1.165, 1.54) is 0 Å². The molecule has 6 rings (SSSR count). The number of aliphatic imine (C=N–C) groups is 1. The van der Waals surface area contributed by atoms with Crippen LogP contribution in [0.3, 0.4) is 0 Å². The number of pyridine rings is 1. The third-order valence-corrected chi connectivity index (χ3v) is 8.37. The molecule has 2 aliphatic rings. The van der Waals surface area contributed by atoms with Gasteiger partial charge in [0.1, 0.15) is 11.9 Å². The van der Waals surface area contributed by atoms with Gasteiger partial charge in [-0.2, -0.15) is 10.4 Å². The van der Waals surface area contributed by atoms with Crippen molar-refractivity contribution in [2.45, 2.75) is 57.5 Å². The lowest BCUT2D eigenvalue weighted by Crippen LogP contribution is -2.45. The number of aryl methyl sites for hydroxylation is 2. The maximum absolute atomic E-state index is 13.8. The second-order valence-electron chi connectivity index (χ2n) is 11.4. The van der Waals surface area contributed by atoms with E-state index in [-0.39, 0.29) is 18.0 Å². The van der Waals surface area contributed by atoms with Gasteiger partial charge in [-0.1, -0.05) is 30.3 Å². The maximum atomic E-state index is 13.8. The summed E-state index contributed by atoms with van der Waals surface area (Å²) in [6.45, 7) is 2.51. The summed E-state index contributed by atoms with van der Waals surface area (Å²) >= 11 is 0. The van der Waals surface area contributed by atoms with Gasteiger partial charge in [0, 0.05) is 60.9 Å². The molecule has 3 aromatic heterocycles. The summed E-state index contributed by atoms with van der Waals surface area (Å²) in [7, 11) is 1.89. The number of benzene rings is 1. The van der Waals surface area contributed by atoms with Gasteiger partial charge < -0.3 is 5.32 Å². The Kier molecular flexibility index (Phi) is 8.55. The molecule has 10 heteroatoms. The molecular formula is C34H35N9O. The van der Waals surface area contributed by atoms with Crippen LogP contribution < -0.4 is 10.2 Å². The molecule has 0 spiro atoms. The number of aromatic nitrogens is 5. The van der Waals surface area contributed by atoms with Crippen molar-refractivity contribution < 1.29 is 4.79 Å². The average Bonchev–Trinajstić information content (AvgIpc) is 3.69. The van der Waals surface area contributed by atoms with Crippen LogP contribution in [0.2, 0.25) is 0 Å². The van der Waals surface area contributed by atoms with E-state index < -0.39 is 0 Å². The number of amides is 1. The number of hydrogen-bond acceptors (Lipinski definition) is 8. The van der Waals surface area contributed by atoms with Crippen LogP contribution in [-0.2, 0) is 18.3 Å². The van der Waals surface area contributed by atoms with Crippen molar-refractivity contribution in [1.82, 2.24) is 24.7 Å². The highest BCUT2D eigenvalue weighted by atomic mass is 16.2. The van der Waals surface area contributed by atoms with Crippen molar-refractivity contribution in [3.05, 3.63) is 89.6 Å². The van der Waals surface area contributed by atoms with Gasteiger partial charge in [0.25, 0.3) is 0 Å². The Morgan fingerprint density at radius 3 is 2.52 bits per heavy atom. The van der Waals surface area contributed by atoms with Gasteiger partial charge in [0.05, 0.1) is 30.2 Å². The van der Waals surface area contributed by atoms with Gasteiger partial charge in [-0.15, -0.1) is 0 Å². The lowest BCUT2D eigenvalue weighted by molar-refractivity contribution is -0.119. The summed E-state index contributed by atoms with van der Waals surface area (Å²) in [5.74, 6) is 1.27. The molecule has 44 heavy (non-hydrogen) atoms. The van der Waals surface area contributed by atoms with Crippen LogP contribution in [-0.4, -0.2) is 55.5 Å². The Morgan fingerprint density at radius 2 is 1.86 bits per heavy atom. The lowest BCUT2D eigenvalue weighted by Gasteiger charge is -2.36. The van der Waals surface area contributed by atoms with Gasteiger partial charge in [0.15, 0.2) is 0 Å². The highest BCUT2D eigenvalue weighted by Crippen LogP contribution is 2.31. The van der Waals surface area contributed by atoms with E-state index in [0.717, 1.165) is 53.5 Å². The number of nitriles is 1. The summed E-state index contributed by atoms with van der Waals surface area (Å²) in [6, 6.07) is 16.5. The Bertz CT molecular complexity index is 1730. The molecule has 0 unspecified atom stereocenters. The highest BCUT2D eigenvalue weighted by Gasteiger charge is 2.31. The van der Waals surface area contributed by atoms with Crippen molar-refractivity contribution in [2.24, 2.45) is 12.0 Å². The quantitative estimate of drug-likeness (QED) is 0.279. The Balaban J connectivity index is 1.16. The third kappa shape index (κ3) is 6.42. The second-order valence-corrected chi connectivity index (χ2v) is 11.4. The van der Waals surface area contributed by atoms with E-state index >= 15 is 0 Å². The van der Waals surface area contributed by atoms with E-state index in [1.54, 1.807) is 10.9 Å². The van der Waals surface area contributed by atoms with Gasteiger partial charge in [-0.25, -0.2) is 15.0 Å². The number of nitrogens with one attached hydrogen (secondary N) is 1. The Morgan fingerprint density at radius 1 is 1.05 bits per heavy atom. The zero-order chi connectivity index (χ0) is 30.5. The first-order valence-electron chi connectivity index (χ1n) is 15.0. The van der Waals surface area contributed by atoms with Crippen molar-refractivity contribution >= 4 is 29.5 Å². The Hall–Kier alpha value is -5.17. The largest absolute Gasteiger partial charge is 0.351 e. The summed E-state index contributed by atoms with van der Waals surface area (Å²) < 4.78 is 1.76. The van der Waals surface area contributed by atoms with Crippen LogP contribution >= 0.6 is 0 Å². The predicted octanol–water partition coefficient (Wildman–Crippen LogP) is 5.39. The molecule has 1 saturated carbocycles. The molecule has 222 valence electrons. The molecule has 1 fully saturated rings. The number of hydrogen-bond donors (Lipinski definition) is 1. The molecular weight excluding hydrogens is 550 g/mol. The van der Waals surface area contributed by atoms with Gasteiger partial charge in [-0.05, 0) is 62.3 Å². The molecule has 0 bridgehead atoms. The van der Waals surface area contributed by atoms with Crippen LogP contribution in [0, 0.1) is 11.3 Å². The molecule has 1 N–H and O–H groups in total. The molecule has 1 aliphatic carbocycles. The van der Waals surface area contributed by atoms with Gasteiger partial charge in [0.2, 0.25) is 11.9 Å². The molecule has 0 atom stereocenters. The third-order valence-electron chi connectivity index (χ3n) is 8.37. The zero-order valence-corrected chi connectivity index (χ0v) is 25.0. The Labute approximate surface area is 257 Å². The number of carbonyl (C=O) groups is 1. The topological polar surface area (TPSA) is 125 Å². The first-order chi connectivity index (χ1) is 21.5. The summed E-state index contributed by atoms with van der Waals surface area (Å²) in [4.78, 5) is 34.0. The monoisotopic (exact) mass is 585 g/mol. The number of allylic oxidation sites excluding steroid dienone is 1. The van der Waals surface area contributed by atoms with E-state index in [0.29, 0.717) is 42.4 Å². The summed E-state index contributed by atoms with van der Waals surface area (Å²) in [5, 5.41) is 17.4. The van der Waals surface area contributed by atoms with Crippen molar-refractivity contribution in [2.75, 3.05) is 16.8 Å². The van der Waals surface area contributed by atoms with Crippen LogP contribution in [0.1, 0.15) is 55.8 Å². The first-order valence-corrected chi connectivity index (χ1v) is 15.0. The minimum absolute atomic E-state index is 0.0361. The van der Waals surface area contributed by atoms with Crippen molar-refractivity contribution in [3.63, 3.8) is 0 Å². The average molecular weight is 586 g/mol. The fourth-order valence-corrected chi connectivity index (χ4v) is 5.97. The number of anilines is 2. The van der Waals surface area contributed by atoms with Gasteiger partial charge in [-0.3, -0.25) is 19.4 Å². The number of rotatable bonds is 9. The van der Waals surface area contributed by atoms with Crippen LogP contribution in [0.25, 0.3) is 16.7 Å². The smallest absolute Gasteiger partial charge is 0.228 e. The predicted molar refractivity (Wildman–Crippen MR) is 171 cm³/mol. The molecule has 4 aromatic rings. The maximum Gasteiger partial charge on any atom is 0.228 e. The van der Waals surface area contributed by atoms with E-state index in [4.69, 9.17) is 9.97 Å². The normalized spacial score (nSPS) is 17.8. The molecule has 4 heterocycles. The summed E-state index contributed by atoms with van der Waals surface area (Å²) in [5.41, 5.74) is 6.16. The fraction of sp³-hybridized carbons (Fsp3) is 0.324. The fourth-order valence-electron chi connectivity index (χ4n) is 5.97. The van der Waals surface area contributed by atoms with Crippen molar-refractivity contribution in [1.29, 1.82) is 5.26 Å². The minimum atomic E-state index is 0.0361. The molecule has 0 radical (unpaired) electrons. The van der Waals surface area contributed by atoms with E-state index in [1.807, 2.05) is 74.0 Å². The molecule has 1 amide bonds. The molecule has 1 aliphatic heterocycles. The zero-order valence-electron chi connectivity index (χ0n) is 25.0. The first kappa shape index (κ1) is 28.9. The molecule has 0 saturated heterocycles. The highest BCUT2D eigenvalue weighted by molar-refractivity contribution is 5.95. The lowest BCUT2D eigenvalue weighted by atomic mass is 9.89. The molecule has 1 aromatic carbocycles. The van der Waals surface area contributed by atoms with Crippen LogP contribution in [0.5, 0.6) is 0 Å². The summed E-state index contributed by atoms with van der Waals surface area (Å²) in [6.07, 6.45) is 13.4. The van der Waals surface area contributed by atoms with Gasteiger partial charge >= 0.3 is 0 Å². The minimum Gasteiger partial charge on any atom is -0.351 e. The van der Waals surface area contributed by atoms with E-state index in [9.17, 15) is 10.1 Å². The standard InChI is InChI=1S/C34H35N9O/c1-23-17-36-21-30(23)33-26(16-35)19-38-34(41-33)40-28-10-12-29(13-11-28)43(32(44)15-8-24-6-4-3-5-7-24)31-14-9-25(18-37-31)27-20-39-42(2)22-27/h3-7,9,14,17-20,22,28-29H,8,10-13,15,21H2,1-2H3,(H,38,40,41). The SMILES string of the molecule is CC1=C(c2nc(NC3CCC(N(C(=O)CCc4ccccc4)c4ccc(-c5cnn(C)c5)cn4)CC3)ncc2C#N)CN=C1. The number of carbonyl (C=O) groups excluding carboxylic acids is 1. The van der Waals surface area contributed by atoms with Crippen LogP contribution in [0.4, 0.5) is 11.8 Å². The number of nitrogens with zero attached hydrogens (tertiary/aromatic N) is 8.